The molecule has 1 N–H and O–H groups in total. The molecule has 1 fully saturated rings. The van der Waals surface area contributed by atoms with Gasteiger partial charge in [-0.15, -0.1) is 0 Å². The van der Waals surface area contributed by atoms with Gasteiger partial charge in [-0.2, -0.15) is 0 Å². The van der Waals surface area contributed by atoms with E-state index in [1.807, 2.05) is 0 Å². The van der Waals surface area contributed by atoms with Gasteiger partial charge in [0, 0.05) is 22.5 Å². The number of ether oxygens (including phenoxy) is 1. The number of halogens is 2. The summed E-state index contributed by atoms with van der Waals surface area (Å²) in [5, 5.41) is 3.40. The summed E-state index contributed by atoms with van der Waals surface area (Å²) in [6, 6.07) is 7.03. The Morgan fingerprint density at radius 2 is 1.76 bits per heavy atom. The molecular weight excluding hydrogens is 451 g/mol. The van der Waals surface area contributed by atoms with Crippen LogP contribution in [0.5, 0.6) is 0 Å². The smallest absolute Gasteiger partial charge is 0.411 e. The van der Waals surface area contributed by atoms with Crippen molar-refractivity contribution < 1.29 is 38.0 Å². The minimum atomic E-state index is -0.395. The molecule has 0 unspecified atom stereocenters. The van der Waals surface area contributed by atoms with Gasteiger partial charge in [0.05, 0.1) is 34.3 Å². The summed E-state index contributed by atoms with van der Waals surface area (Å²) in [6.45, 7) is 1.59. The summed E-state index contributed by atoms with van der Waals surface area (Å²) in [7, 11) is 6.67. The van der Waals surface area contributed by atoms with Crippen molar-refractivity contribution in [2.45, 2.75) is 6.42 Å². The highest BCUT2D eigenvalue weighted by Crippen LogP contribution is 2.48. The Kier molecular flexibility index (Phi) is 6.79. The van der Waals surface area contributed by atoms with E-state index in [1.54, 1.807) is 24.3 Å². The number of carbonyl (C=O) groups excluding carboxylic acids is 1. The monoisotopic (exact) mass is 476 g/mol. The average molecular weight is 477 g/mol. The Balaban J connectivity index is 0.00000225. The number of anilines is 1. The van der Waals surface area contributed by atoms with Crippen molar-refractivity contribution in [1.29, 1.82) is 0 Å². The topological polar surface area (TPSA) is 38.3 Å². The molecule has 1 aromatic carbocycles. The van der Waals surface area contributed by atoms with Crippen molar-refractivity contribution in [2.75, 3.05) is 39.6 Å². The molecule has 3 rings (SSSR count). The third kappa shape index (κ3) is 5.34. The molecule has 1 amide bonds. The van der Waals surface area contributed by atoms with Crippen LogP contribution < -0.4 is 29.3 Å². The molecule has 4 nitrogen and oxygen atoms in total. The highest BCUT2D eigenvalue weighted by Gasteiger charge is 2.47. The lowest BCUT2D eigenvalue weighted by molar-refractivity contribution is -0.874. The van der Waals surface area contributed by atoms with Gasteiger partial charge in [-0.1, -0.05) is 23.8 Å². The summed E-state index contributed by atoms with van der Waals surface area (Å²) < 4.78 is 6.47. The van der Waals surface area contributed by atoms with Crippen LogP contribution in [0.25, 0.3) is 0 Å². The molecule has 2 bridgehead atoms. The predicted molar refractivity (Wildman–Crippen MR) is 97.0 cm³/mol. The minimum absolute atomic E-state index is 0. The average Bonchev–Trinajstić information content (AvgIpc) is 3.08. The second-order valence-corrected chi connectivity index (χ2v) is 8.42. The molecule has 0 aliphatic heterocycles. The molecule has 0 saturated heterocycles. The van der Waals surface area contributed by atoms with Gasteiger partial charge in [0.25, 0.3) is 0 Å². The van der Waals surface area contributed by atoms with Crippen molar-refractivity contribution in [1.82, 2.24) is 0 Å². The lowest BCUT2D eigenvalue weighted by Crippen LogP contribution is -3.00. The number of hydrogen-bond acceptors (Lipinski definition) is 2. The maximum absolute atomic E-state index is 12.1. The number of benzene rings is 1. The maximum Gasteiger partial charge on any atom is 0.411 e. The van der Waals surface area contributed by atoms with Gasteiger partial charge >= 0.3 is 6.09 Å². The SMILES string of the molecule is C[N+](C)(C)C[C@@H]1[C@@H](COC(=O)Nc2ccc(Cl)cc2)[C@H]2C=C[C@H]1C2.[I-]. The predicted octanol–water partition coefficient (Wildman–Crippen LogP) is 1.04. The Hall–Kier alpha value is -0.790. The first-order valence-electron chi connectivity index (χ1n) is 8.50. The maximum atomic E-state index is 12.1. The van der Waals surface area contributed by atoms with Crippen molar-refractivity contribution in [3.63, 3.8) is 0 Å². The fraction of sp³-hybridized carbons (Fsp3) is 0.526. The van der Waals surface area contributed by atoms with Gasteiger partial charge in [0.2, 0.25) is 0 Å². The van der Waals surface area contributed by atoms with Crippen LogP contribution in [-0.4, -0.2) is 44.9 Å². The minimum Gasteiger partial charge on any atom is -1.00 e. The second-order valence-electron chi connectivity index (χ2n) is 7.98. The number of rotatable bonds is 5. The molecule has 0 spiro atoms. The number of nitrogens with one attached hydrogen (secondary N) is 1. The second kappa shape index (κ2) is 8.27. The molecule has 25 heavy (non-hydrogen) atoms. The molecule has 2 aliphatic carbocycles. The van der Waals surface area contributed by atoms with Crippen molar-refractivity contribution >= 4 is 23.4 Å². The Morgan fingerprint density at radius 3 is 2.36 bits per heavy atom. The van der Waals surface area contributed by atoms with E-state index in [0.29, 0.717) is 41.0 Å². The van der Waals surface area contributed by atoms with Crippen LogP contribution in [0, 0.1) is 23.7 Å². The van der Waals surface area contributed by atoms with E-state index in [0.717, 1.165) is 11.0 Å². The quantitative estimate of drug-likeness (QED) is 0.392. The van der Waals surface area contributed by atoms with E-state index in [1.165, 1.54) is 6.42 Å². The fourth-order valence-corrected chi connectivity index (χ4v) is 4.16. The molecule has 1 aromatic rings. The third-order valence-electron chi connectivity index (χ3n) is 5.06. The zero-order chi connectivity index (χ0) is 17.3. The van der Waals surface area contributed by atoms with Gasteiger partial charge in [-0.05, 0) is 42.5 Å². The van der Waals surface area contributed by atoms with Crippen molar-refractivity contribution in [3.8, 4) is 0 Å². The Bertz CT molecular complexity index is 627. The van der Waals surface area contributed by atoms with Gasteiger partial charge in [-0.25, -0.2) is 4.79 Å². The highest BCUT2D eigenvalue weighted by atomic mass is 127. The number of allylic oxidation sites excluding steroid dienone is 2. The standard InChI is InChI=1S/C19H25ClN2O2.HI/c1-22(2,3)11-17-13-4-5-14(10-13)18(17)12-24-19(23)21-16-8-6-15(20)7-9-16;/h4-9,13-14,17-18H,10-12H2,1-3H3;1H/t13-,14-,17-,18-;/m0./s1. The molecule has 138 valence electrons. The molecule has 0 aromatic heterocycles. The van der Waals surface area contributed by atoms with Crippen LogP contribution in [0.15, 0.2) is 36.4 Å². The first-order chi connectivity index (χ1) is 11.3. The van der Waals surface area contributed by atoms with Crippen molar-refractivity contribution in [2.24, 2.45) is 23.7 Å². The van der Waals surface area contributed by atoms with Gasteiger partial charge in [-0.3, -0.25) is 5.32 Å². The largest absolute Gasteiger partial charge is 1.00 e. The van der Waals surface area contributed by atoms with E-state index in [-0.39, 0.29) is 24.0 Å². The zero-order valence-electron chi connectivity index (χ0n) is 14.9. The summed E-state index contributed by atoms with van der Waals surface area (Å²) in [4.78, 5) is 12.1. The summed E-state index contributed by atoms with van der Waals surface area (Å²) in [6.07, 6.45) is 5.47. The van der Waals surface area contributed by atoms with Crippen LogP contribution in [-0.2, 0) is 4.74 Å². The Morgan fingerprint density at radius 1 is 1.16 bits per heavy atom. The van der Waals surface area contributed by atoms with E-state index in [2.05, 4.69) is 38.6 Å². The third-order valence-corrected chi connectivity index (χ3v) is 5.31. The first-order valence-corrected chi connectivity index (χ1v) is 8.88. The van der Waals surface area contributed by atoms with Crippen molar-refractivity contribution in [3.05, 3.63) is 41.4 Å². The summed E-state index contributed by atoms with van der Waals surface area (Å²) in [5.74, 6) is 2.20. The van der Waals surface area contributed by atoms with Crippen LogP contribution in [0.1, 0.15) is 6.42 Å². The fourth-order valence-electron chi connectivity index (χ4n) is 4.04. The number of nitrogens with zero attached hydrogens (tertiary/aromatic N) is 1. The van der Waals surface area contributed by atoms with Gasteiger partial charge in [0.15, 0.2) is 0 Å². The molecule has 0 heterocycles. The molecule has 4 atom stereocenters. The lowest BCUT2D eigenvalue weighted by Gasteiger charge is -2.34. The molecule has 6 heteroatoms. The van der Waals surface area contributed by atoms with Crippen LogP contribution in [0.2, 0.25) is 5.02 Å². The molecule has 1 saturated carbocycles. The first kappa shape index (κ1) is 20.5. The molecule has 2 aliphatic rings. The Labute approximate surface area is 172 Å². The van der Waals surface area contributed by atoms with Crippen LogP contribution in [0.4, 0.5) is 10.5 Å². The number of hydrogen-bond donors (Lipinski definition) is 1. The summed E-state index contributed by atoms with van der Waals surface area (Å²) >= 11 is 5.85. The lowest BCUT2D eigenvalue weighted by atomic mass is 9.83. The van der Waals surface area contributed by atoms with E-state index in [4.69, 9.17) is 16.3 Å². The van der Waals surface area contributed by atoms with E-state index >= 15 is 0 Å². The zero-order valence-corrected chi connectivity index (χ0v) is 17.8. The van der Waals surface area contributed by atoms with E-state index in [9.17, 15) is 4.79 Å². The van der Waals surface area contributed by atoms with Crippen LogP contribution >= 0.6 is 11.6 Å². The van der Waals surface area contributed by atoms with Crippen LogP contribution in [0.3, 0.4) is 0 Å². The number of amides is 1. The normalized spacial score (nSPS) is 27.0. The van der Waals surface area contributed by atoms with Gasteiger partial charge in [0.1, 0.15) is 0 Å². The number of fused-ring (bicyclic) bond motifs is 2. The highest BCUT2D eigenvalue weighted by molar-refractivity contribution is 6.30. The number of carbonyl (C=O) groups is 1. The number of quaternary nitrogens is 1. The van der Waals surface area contributed by atoms with E-state index < -0.39 is 6.09 Å². The van der Waals surface area contributed by atoms with Gasteiger partial charge < -0.3 is 33.2 Å². The molecular formula is C19H26ClIN2O2. The molecule has 0 radical (unpaired) electrons. The summed E-state index contributed by atoms with van der Waals surface area (Å²) in [5.41, 5.74) is 0.695.